The summed E-state index contributed by atoms with van der Waals surface area (Å²) < 4.78 is 23.8. The van der Waals surface area contributed by atoms with Crippen molar-refractivity contribution >= 4 is 27.9 Å². The summed E-state index contributed by atoms with van der Waals surface area (Å²) >= 11 is 3.29. The molecule has 1 saturated heterocycles. The molecule has 2 aliphatic heterocycles. The second kappa shape index (κ2) is 33.9. The van der Waals surface area contributed by atoms with Gasteiger partial charge in [0.05, 0.1) is 43.7 Å². The van der Waals surface area contributed by atoms with E-state index in [9.17, 15) is 40.2 Å². The predicted molar refractivity (Wildman–Crippen MR) is 292 cm³/mol. The summed E-state index contributed by atoms with van der Waals surface area (Å²) in [6.45, 7) is 22.7. The van der Waals surface area contributed by atoms with Gasteiger partial charge in [-0.15, -0.1) is 0 Å². The lowest BCUT2D eigenvalue weighted by Crippen LogP contribution is -2.48. The maximum absolute atomic E-state index is 13.1. The Morgan fingerprint density at radius 2 is 1.50 bits per heavy atom. The molecule has 0 unspecified atom stereocenters. The number of unbranched alkanes of at least 4 members (excludes halogenated alkanes) is 12. The van der Waals surface area contributed by atoms with Crippen molar-refractivity contribution < 1.29 is 59.2 Å². The third-order valence-electron chi connectivity index (χ3n) is 14.8. The monoisotopic (exact) mass is 1080 g/mol. The van der Waals surface area contributed by atoms with Crippen molar-refractivity contribution in [1.29, 1.82) is 0 Å². The van der Waals surface area contributed by atoms with Crippen LogP contribution < -0.4 is 0 Å². The van der Waals surface area contributed by atoms with Crippen molar-refractivity contribution in [3.63, 3.8) is 0 Å². The highest BCUT2D eigenvalue weighted by atomic mass is 79.9. The van der Waals surface area contributed by atoms with E-state index >= 15 is 0 Å². The number of aliphatic hydroxyl groups excluding tert-OH is 6. The summed E-state index contributed by atoms with van der Waals surface area (Å²) in [7, 11) is 1.51. The summed E-state index contributed by atoms with van der Waals surface area (Å²) in [6.07, 6.45) is 17.6. The van der Waals surface area contributed by atoms with Crippen LogP contribution in [0.3, 0.4) is 0 Å². The Kier molecular flexibility index (Phi) is 30.7. The number of hydrogen-bond donors (Lipinski definition) is 6. The number of carbonyl (C=O) groups is 2. The van der Waals surface area contributed by atoms with Crippen LogP contribution in [0.2, 0.25) is 0 Å². The van der Waals surface area contributed by atoms with Gasteiger partial charge in [0.15, 0.2) is 0 Å². The molecule has 11 atom stereocenters. The van der Waals surface area contributed by atoms with Crippen molar-refractivity contribution in [2.24, 2.45) is 11.3 Å². The SMILES string of the molecule is C=C1/C=C(/C)C[C@H]2C[C@@H](OC(=O)/C=C(C)\C=C/C[C@@H](O)C1)[C@@](C)([C@@H](O)/C=C(\C)C[C@@H](O)C(C)(C)[C@@H](O)C[C@@H](O)[C@H](C)[C@@H](O)C[C@H](CC(=C)/C(=C\Br)OC)OC(=O)CCCCCCCCCCCCCCC)O2. The lowest BCUT2D eigenvalue weighted by molar-refractivity contribution is -0.163. The van der Waals surface area contributed by atoms with E-state index in [1.807, 2.05) is 13.0 Å². The van der Waals surface area contributed by atoms with Gasteiger partial charge >= 0.3 is 11.9 Å². The second-order valence-electron chi connectivity index (χ2n) is 21.9. The molecule has 6 N–H and O–H groups in total. The van der Waals surface area contributed by atoms with Crippen LogP contribution in [0.4, 0.5) is 0 Å². The number of fused-ring (bicyclic) bond motifs is 2. The van der Waals surface area contributed by atoms with Crippen LogP contribution in [0, 0.1) is 11.3 Å². The van der Waals surface area contributed by atoms with Gasteiger partial charge in [0, 0.05) is 54.5 Å². The minimum Gasteiger partial charge on any atom is -0.496 e. The minimum atomic E-state index is -1.34. The van der Waals surface area contributed by atoms with E-state index in [-0.39, 0.29) is 38.1 Å². The van der Waals surface area contributed by atoms with Crippen LogP contribution in [-0.4, -0.2) is 110 Å². The Labute approximate surface area is 442 Å². The van der Waals surface area contributed by atoms with Gasteiger partial charge in [-0.1, -0.05) is 175 Å². The summed E-state index contributed by atoms with van der Waals surface area (Å²) in [5.74, 6) is -1.21. The minimum absolute atomic E-state index is 0.0174. The zero-order chi connectivity index (χ0) is 54.0. The van der Waals surface area contributed by atoms with Gasteiger partial charge in [0.1, 0.15) is 29.7 Å². The van der Waals surface area contributed by atoms with Crippen molar-refractivity contribution in [2.75, 3.05) is 7.11 Å². The van der Waals surface area contributed by atoms with Crippen LogP contribution in [-0.2, 0) is 28.5 Å². The van der Waals surface area contributed by atoms with Gasteiger partial charge in [-0.25, -0.2) is 4.79 Å². The quantitative estimate of drug-likeness (QED) is 0.0127. The number of allylic oxidation sites excluding steroid dienone is 4. The molecular formula is C59H97BrO12. The number of hydrogen-bond acceptors (Lipinski definition) is 12. The van der Waals surface area contributed by atoms with E-state index < -0.39 is 77.8 Å². The van der Waals surface area contributed by atoms with Gasteiger partial charge in [0.25, 0.3) is 0 Å². The number of methoxy groups -OCH3 is 1. The highest BCUT2D eigenvalue weighted by molar-refractivity contribution is 9.11. The topological polar surface area (TPSA) is 192 Å². The molecule has 2 rings (SSSR count). The average molecular weight is 1080 g/mol. The second-order valence-corrected chi connectivity index (χ2v) is 22.4. The zero-order valence-electron chi connectivity index (χ0n) is 45.7. The molecule has 0 aromatic heterocycles. The van der Waals surface area contributed by atoms with Gasteiger partial charge in [-0.05, 0) is 70.9 Å². The standard InChI is InChI=1S/C59H97BrO12/c1-12-13-14-15-16-17-18-19-20-21-22-23-24-28-56(67)70-47(35-44(6)51(39-60)69-11)36-49(62)45(7)50(63)38-53(65)58(8,9)52(64)32-43(5)33-54(66)59(10)55-37-48(72-59)31-42(4)29-41(3)30-46(61)27-25-26-40(2)34-57(68)71-55/h25-26,29,33-34,39,45-50,52-55,61-66H,3,6,12-24,27-28,30-32,35-38H2,1-2,4-5,7-11H3/b26-25-,40-34-,42-29-,43-33+,51-39+/t45-,46-,47+,48+,49+,50-,52-,53+,54+,55-,59-/m1/s1. The van der Waals surface area contributed by atoms with Crippen LogP contribution in [0.5, 0.6) is 0 Å². The summed E-state index contributed by atoms with van der Waals surface area (Å²) in [4.78, 5) is 27.9. The first-order valence-electron chi connectivity index (χ1n) is 27.0. The van der Waals surface area contributed by atoms with Crippen molar-refractivity contribution in [3.05, 3.63) is 82.1 Å². The number of aliphatic hydroxyl groups is 6. The normalized spacial score (nSPS) is 25.7. The van der Waals surface area contributed by atoms with Crippen molar-refractivity contribution in [2.45, 2.75) is 257 Å². The molecule has 2 heterocycles. The molecule has 0 aromatic rings. The van der Waals surface area contributed by atoms with E-state index in [1.54, 1.807) is 64.8 Å². The summed E-state index contributed by atoms with van der Waals surface area (Å²) in [6, 6.07) is 0. The van der Waals surface area contributed by atoms with Crippen molar-refractivity contribution in [3.8, 4) is 0 Å². The summed E-state index contributed by atoms with van der Waals surface area (Å²) in [5, 5.41) is 68.3. The smallest absolute Gasteiger partial charge is 0.331 e. The van der Waals surface area contributed by atoms with E-state index in [0.29, 0.717) is 54.6 Å². The van der Waals surface area contributed by atoms with Crippen LogP contribution >= 0.6 is 15.9 Å². The molecule has 0 radical (unpaired) electrons. The Balaban J connectivity index is 2.06. The van der Waals surface area contributed by atoms with E-state index in [1.165, 1.54) is 71.0 Å². The van der Waals surface area contributed by atoms with E-state index in [2.05, 4.69) is 36.0 Å². The van der Waals surface area contributed by atoms with Gasteiger partial charge < -0.3 is 49.6 Å². The highest BCUT2D eigenvalue weighted by Gasteiger charge is 2.51. The Hall–Kier alpha value is -2.88. The number of halogens is 1. The molecular weight excluding hydrogens is 981 g/mol. The molecule has 0 amide bonds. The molecule has 12 nitrogen and oxygen atoms in total. The molecule has 0 spiro atoms. The van der Waals surface area contributed by atoms with Crippen molar-refractivity contribution in [1.82, 2.24) is 0 Å². The maximum atomic E-state index is 13.1. The third-order valence-corrected chi connectivity index (χ3v) is 15.2. The fourth-order valence-electron chi connectivity index (χ4n) is 9.66. The Morgan fingerprint density at radius 3 is 2.08 bits per heavy atom. The first-order valence-corrected chi connectivity index (χ1v) is 27.9. The molecule has 2 aliphatic rings. The maximum Gasteiger partial charge on any atom is 0.331 e. The van der Waals surface area contributed by atoms with Gasteiger partial charge in [-0.2, -0.15) is 0 Å². The third kappa shape index (κ3) is 23.8. The number of rotatable bonds is 31. The number of carbonyl (C=O) groups excluding carboxylic acids is 2. The van der Waals surface area contributed by atoms with Crippen LogP contribution in [0.25, 0.3) is 0 Å². The number of ether oxygens (including phenoxy) is 4. The Bertz CT molecular complexity index is 1820. The molecule has 2 bridgehead atoms. The first-order chi connectivity index (χ1) is 34.0. The van der Waals surface area contributed by atoms with Gasteiger partial charge in [-0.3, -0.25) is 4.79 Å². The fourth-order valence-corrected chi connectivity index (χ4v) is 10.2. The van der Waals surface area contributed by atoms with E-state index in [0.717, 1.165) is 30.4 Å². The largest absolute Gasteiger partial charge is 0.496 e. The van der Waals surface area contributed by atoms with Crippen LogP contribution in [0.1, 0.15) is 197 Å². The number of esters is 2. The molecule has 13 heteroatoms. The zero-order valence-corrected chi connectivity index (χ0v) is 47.3. The Morgan fingerprint density at radius 1 is 0.917 bits per heavy atom. The molecule has 1 fully saturated rings. The van der Waals surface area contributed by atoms with Gasteiger partial charge in [0.2, 0.25) is 0 Å². The molecule has 0 saturated carbocycles. The molecule has 0 aromatic carbocycles. The highest BCUT2D eigenvalue weighted by Crippen LogP contribution is 2.40. The van der Waals surface area contributed by atoms with E-state index in [4.69, 9.17) is 18.9 Å². The average Bonchev–Trinajstić information content (AvgIpc) is 3.61. The molecule has 0 aliphatic carbocycles. The predicted octanol–water partition coefficient (Wildman–Crippen LogP) is 11.8. The lowest BCUT2D eigenvalue weighted by atomic mass is 9.75. The molecule has 72 heavy (non-hydrogen) atoms. The lowest BCUT2D eigenvalue weighted by Gasteiger charge is -2.38. The summed E-state index contributed by atoms with van der Waals surface area (Å²) in [5.41, 5.74) is 1.08. The van der Waals surface area contributed by atoms with Crippen LogP contribution in [0.15, 0.2) is 82.1 Å². The first kappa shape index (κ1) is 65.2. The molecule has 412 valence electrons. The fraction of sp³-hybridized carbons (Fsp3) is 0.729.